The molecule has 3 heterocycles. The van der Waals surface area contributed by atoms with Gasteiger partial charge in [-0.05, 0) is 62.7 Å². The molecule has 7 rings (SSSR count). The average Bonchev–Trinajstić information content (AvgIpc) is 3.10. The van der Waals surface area contributed by atoms with Crippen molar-refractivity contribution in [2.24, 2.45) is 0 Å². The number of hydrogen-bond donors (Lipinski definition) is 0. The summed E-state index contributed by atoms with van der Waals surface area (Å²) in [5, 5.41) is 5.43. The van der Waals surface area contributed by atoms with Crippen LogP contribution in [0.4, 0.5) is 0 Å². The Labute approximate surface area is 264 Å². The second-order valence-electron chi connectivity index (χ2n) is 12.0. The lowest BCUT2D eigenvalue weighted by Crippen LogP contribution is -2.70. The second kappa shape index (κ2) is 13.9. The minimum atomic E-state index is -0.872. The molecule has 4 atom stereocenters. The van der Waals surface area contributed by atoms with E-state index in [9.17, 15) is 0 Å². The standard InChI is InChI=1S/C38H42O4P2/c1-5-17-31(18-6-1)43(32-19-7-2-8-20-32)29-35-36(30-44(33-21-9-3-10-22-33)34-23-11-4-12-24-34)42-38(26-14-16-28-40-38)37(41-35)25-13-15-27-39-37/h1-12,17-24,35-36H,13-16,25-30H2/t35-,36-,37-,38-/m1/s1. The van der Waals surface area contributed by atoms with Crippen LogP contribution in [0.25, 0.3) is 0 Å². The molecular formula is C38H42O4P2. The summed E-state index contributed by atoms with van der Waals surface area (Å²) in [7, 11) is -1.39. The first kappa shape index (κ1) is 30.2. The van der Waals surface area contributed by atoms with E-state index in [0.717, 1.165) is 50.8 Å². The maximum atomic E-state index is 7.42. The minimum absolute atomic E-state index is 0.145. The molecule has 44 heavy (non-hydrogen) atoms. The Morgan fingerprint density at radius 3 is 1.05 bits per heavy atom. The monoisotopic (exact) mass is 624 g/mol. The van der Waals surface area contributed by atoms with E-state index < -0.39 is 27.4 Å². The van der Waals surface area contributed by atoms with E-state index in [2.05, 4.69) is 121 Å². The van der Waals surface area contributed by atoms with Crippen molar-refractivity contribution < 1.29 is 18.9 Å². The highest BCUT2D eigenvalue weighted by atomic mass is 31.1. The molecule has 0 radical (unpaired) electrons. The first-order chi connectivity index (χ1) is 21.8. The molecule has 4 aromatic rings. The molecule has 3 fully saturated rings. The van der Waals surface area contributed by atoms with Gasteiger partial charge in [0.1, 0.15) is 0 Å². The van der Waals surface area contributed by atoms with Gasteiger partial charge >= 0.3 is 0 Å². The van der Waals surface area contributed by atoms with Crippen molar-refractivity contribution in [1.82, 2.24) is 0 Å². The largest absolute Gasteiger partial charge is 0.345 e. The van der Waals surface area contributed by atoms with Gasteiger partial charge in [-0.3, -0.25) is 0 Å². The van der Waals surface area contributed by atoms with Gasteiger partial charge in [-0.2, -0.15) is 0 Å². The quantitative estimate of drug-likeness (QED) is 0.202. The van der Waals surface area contributed by atoms with Gasteiger partial charge in [0, 0.05) is 25.2 Å². The van der Waals surface area contributed by atoms with Crippen LogP contribution >= 0.6 is 15.8 Å². The topological polar surface area (TPSA) is 36.9 Å². The number of ether oxygens (including phenoxy) is 4. The Morgan fingerprint density at radius 2 is 0.773 bits per heavy atom. The molecule has 0 saturated carbocycles. The Kier molecular flexibility index (Phi) is 9.57. The van der Waals surface area contributed by atoms with Crippen molar-refractivity contribution in [2.75, 3.05) is 25.5 Å². The fourth-order valence-electron chi connectivity index (χ4n) is 6.97. The van der Waals surface area contributed by atoms with Gasteiger partial charge in [0.05, 0.1) is 25.4 Å². The predicted molar refractivity (Wildman–Crippen MR) is 183 cm³/mol. The molecule has 0 aromatic heterocycles. The van der Waals surface area contributed by atoms with E-state index in [1.54, 1.807) is 0 Å². The van der Waals surface area contributed by atoms with Crippen LogP contribution < -0.4 is 21.2 Å². The minimum Gasteiger partial charge on any atom is -0.345 e. The van der Waals surface area contributed by atoms with Gasteiger partial charge in [-0.15, -0.1) is 0 Å². The highest BCUT2D eigenvalue weighted by Gasteiger charge is 2.63. The zero-order chi connectivity index (χ0) is 29.7. The Morgan fingerprint density at radius 1 is 0.455 bits per heavy atom. The smallest absolute Gasteiger partial charge is 0.224 e. The van der Waals surface area contributed by atoms with Crippen molar-refractivity contribution >= 4 is 37.1 Å². The molecule has 3 aliphatic rings. The van der Waals surface area contributed by atoms with Gasteiger partial charge in [0.25, 0.3) is 0 Å². The SMILES string of the molecule is c1ccc(P(C[C@H]2O[C@]3(CCCCO3)[C@@]3(CCCCO3)O[C@@H]2CP(c2ccccc2)c2ccccc2)c2ccccc2)cc1. The third-order valence-corrected chi connectivity index (χ3v) is 14.3. The van der Waals surface area contributed by atoms with E-state index in [4.69, 9.17) is 18.9 Å². The van der Waals surface area contributed by atoms with Crippen LogP contribution in [0, 0.1) is 0 Å². The van der Waals surface area contributed by atoms with Crippen molar-refractivity contribution in [1.29, 1.82) is 0 Å². The first-order valence-corrected chi connectivity index (χ1v) is 19.2. The van der Waals surface area contributed by atoms with E-state index >= 15 is 0 Å². The first-order valence-electron chi connectivity index (χ1n) is 16.1. The lowest BCUT2D eigenvalue weighted by atomic mass is 9.88. The third kappa shape index (κ3) is 6.32. The normalized spacial score (nSPS) is 27.2. The van der Waals surface area contributed by atoms with Crippen molar-refractivity contribution in [3.63, 3.8) is 0 Å². The van der Waals surface area contributed by atoms with Crippen LogP contribution in [0.1, 0.15) is 38.5 Å². The molecule has 0 unspecified atom stereocenters. The summed E-state index contributed by atoms with van der Waals surface area (Å²) in [4.78, 5) is 0. The fourth-order valence-corrected chi connectivity index (χ4v) is 11.9. The van der Waals surface area contributed by atoms with Crippen LogP contribution in [0.15, 0.2) is 121 Å². The number of rotatable bonds is 8. The highest BCUT2D eigenvalue weighted by molar-refractivity contribution is 7.73. The van der Waals surface area contributed by atoms with Crippen LogP contribution in [0.3, 0.4) is 0 Å². The maximum Gasteiger partial charge on any atom is 0.224 e. The van der Waals surface area contributed by atoms with E-state index in [-0.39, 0.29) is 12.2 Å². The summed E-state index contributed by atoms with van der Waals surface area (Å²) < 4.78 is 28.2. The summed E-state index contributed by atoms with van der Waals surface area (Å²) in [6.07, 6.45) is 7.24. The summed E-state index contributed by atoms with van der Waals surface area (Å²) in [6, 6.07) is 43.9. The van der Waals surface area contributed by atoms with Gasteiger partial charge in [0.15, 0.2) is 0 Å². The van der Waals surface area contributed by atoms with Crippen molar-refractivity contribution in [3.05, 3.63) is 121 Å². The summed E-state index contributed by atoms with van der Waals surface area (Å²) in [6.45, 7) is 1.36. The maximum absolute atomic E-state index is 7.42. The van der Waals surface area contributed by atoms with Gasteiger partial charge in [-0.1, -0.05) is 121 Å². The molecule has 0 aliphatic carbocycles. The molecule has 3 saturated heterocycles. The molecule has 2 spiro atoms. The van der Waals surface area contributed by atoms with Crippen molar-refractivity contribution in [3.8, 4) is 0 Å². The molecular weight excluding hydrogens is 582 g/mol. The second-order valence-corrected chi connectivity index (χ2v) is 16.5. The van der Waals surface area contributed by atoms with Crippen LogP contribution in [-0.4, -0.2) is 49.3 Å². The zero-order valence-corrected chi connectivity index (χ0v) is 27.1. The van der Waals surface area contributed by atoms with Crippen LogP contribution in [-0.2, 0) is 18.9 Å². The van der Waals surface area contributed by atoms with E-state index in [1.165, 1.54) is 21.2 Å². The average molecular weight is 625 g/mol. The van der Waals surface area contributed by atoms with Gasteiger partial charge in [0.2, 0.25) is 11.6 Å². The Hall–Kier alpha value is -2.42. The Bertz CT molecular complexity index is 1250. The molecule has 0 amide bonds. The summed E-state index contributed by atoms with van der Waals surface area (Å²) in [5.41, 5.74) is 0. The molecule has 3 aliphatic heterocycles. The lowest BCUT2D eigenvalue weighted by Gasteiger charge is -2.58. The molecule has 228 valence electrons. The lowest BCUT2D eigenvalue weighted by molar-refractivity contribution is -0.476. The number of hydrogen-bond acceptors (Lipinski definition) is 4. The van der Waals surface area contributed by atoms with E-state index in [0.29, 0.717) is 13.2 Å². The third-order valence-electron chi connectivity index (χ3n) is 9.15. The molecule has 4 aromatic carbocycles. The van der Waals surface area contributed by atoms with Crippen molar-refractivity contribution in [2.45, 2.75) is 62.3 Å². The highest BCUT2D eigenvalue weighted by Crippen LogP contribution is 2.52. The fraction of sp³-hybridized carbons (Fsp3) is 0.368. The molecule has 0 bridgehead atoms. The summed E-state index contributed by atoms with van der Waals surface area (Å²) in [5.74, 6) is -1.74. The number of fused-ring (bicyclic) bond motifs is 1. The van der Waals surface area contributed by atoms with E-state index in [1.807, 2.05) is 0 Å². The summed E-state index contributed by atoms with van der Waals surface area (Å²) >= 11 is 0. The Balaban J connectivity index is 1.30. The molecule has 0 N–H and O–H groups in total. The number of benzene rings is 4. The van der Waals surface area contributed by atoms with Gasteiger partial charge < -0.3 is 18.9 Å². The predicted octanol–water partition coefficient (Wildman–Crippen LogP) is 6.83. The molecule has 4 nitrogen and oxygen atoms in total. The van der Waals surface area contributed by atoms with Gasteiger partial charge in [-0.25, -0.2) is 0 Å². The van der Waals surface area contributed by atoms with Crippen LogP contribution in [0.5, 0.6) is 0 Å². The zero-order valence-electron chi connectivity index (χ0n) is 25.3. The van der Waals surface area contributed by atoms with Crippen LogP contribution in [0.2, 0.25) is 0 Å². The molecule has 6 heteroatoms.